The molecule has 0 radical (unpaired) electrons. The molecule has 0 saturated carbocycles. The van der Waals surface area contributed by atoms with Crippen molar-refractivity contribution < 1.29 is 0 Å². The molecule has 9 aromatic carbocycles. The lowest BCUT2D eigenvalue weighted by atomic mass is 9.92. The van der Waals surface area contributed by atoms with E-state index in [0.717, 1.165) is 50.1 Å². The van der Waals surface area contributed by atoms with Crippen LogP contribution >= 0.6 is 11.3 Å². The molecule has 0 amide bonds. The monoisotopic (exact) mass is 769 g/mol. The Morgan fingerprint density at radius 2 is 0.814 bits per heavy atom. The molecule has 0 aliphatic carbocycles. The van der Waals surface area contributed by atoms with Crippen LogP contribution in [-0.4, -0.2) is 15.0 Å². The minimum absolute atomic E-state index is 0.625. The van der Waals surface area contributed by atoms with Gasteiger partial charge in [0.2, 0.25) is 0 Å². The van der Waals surface area contributed by atoms with Crippen LogP contribution in [0.3, 0.4) is 0 Å². The van der Waals surface area contributed by atoms with Crippen LogP contribution in [0.5, 0.6) is 0 Å². The first-order chi connectivity index (χ1) is 29.2. The fourth-order valence-electron chi connectivity index (χ4n) is 8.24. The maximum Gasteiger partial charge on any atom is 0.164 e. The Kier molecular flexibility index (Phi) is 8.68. The Morgan fingerprint density at radius 3 is 1.63 bits per heavy atom. The molecule has 2 heterocycles. The molecule has 11 aromatic rings. The van der Waals surface area contributed by atoms with Crippen LogP contribution < -0.4 is 0 Å². The second-order valence-corrected chi connectivity index (χ2v) is 15.8. The first kappa shape index (κ1) is 34.7. The molecule has 0 atom stereocenters. The van der Waals surface area contributed by atoms with Crippen molar-refractivity contribution in [3.63, 3.8) is 0 Å². The van der Waals surface area contributed by atoms with E-state index in [1.807, 2.05) is 23.5 Å². The third-order valence-electron chi connectivity index (χ3n) is 11.1. The average Bonchev–Trinajstić information content (AvgIpc) is 3.71. The number of rotatable bonds is 7. The summed E-state index contributed by atoms with van der Waals surface area (Å²) in [6.45, 7) is 0. The molecule has 0 N–H and O–H groups in total. The van der Waals surface area contributed by atoms with E-state index in [1.165, 1.54) is 42.1 Å². The summed E-state index contributed by atoms with van der Waals surface area (Å²) in [6, 6.07) is 75.2. The molecule has 0 aliphatic heterocycles. The maximum absolute atomic E-state index is 5.19. The van der Waals surface area contributed by atoms with Gasteiger partial charge in [0.15, 0.2) is 17.5 Å². The number of thiophene rings is 1. The van der Waals surface area contributed by atoms with Gasteiger partial charge in [-0.25, -0.2) is 15.0 Å². The van der Waals surface area contributed by atoms with E-state index in [0.29, 0.717) is 17.5 Å². The summed E-state index contributed by atoms with van der Waals surface area (Å²) >= 11 is 1.87. The molecular weight excluding hydrogens is 735 g/mol. The maximum atomic E-state index is 5.19. The number of benzene rings is 9. The second-order valence-electron chi connectivity index (χ2n) is 14.8. The standard InChI is InChI=1S/C55H35N3S/c1-3-15-36(16-4-1)40-20-13-21-42(33-40)54-56-53(57-55(58-54)49-25-10-9-22-44(49)38-17-5-2-6-18-38)39-31-29-37(30-32-39)43-34-41-19-7-8-23-45(41)50(35-43)48-27-14-26-47-46-24-11-12-28-51(46)59-52(47)48/h1-35H. The molecule has 11 rings (SSSR count). The van der Waals surface area contributed by atoms with Crippen molar-refractivity contribution in [2.45, 2.75) is 0 Å². The van der Waals surface area contributed by atoms with Crippen LogP contribution in [-0.2, 0) is 0 Å². The summed E-state index contributed by atoms with van der Waals surface area (Å²) in [5.74, 6) is 1.89. The van der Waals surface area contributed by atoms with Crippen molar-refractivity contribution in [2.24, 2.45) is 0 Å². The van der Waals surface area contributed by atoms with Crippen LogP contribution in [0, 0.1) is 0 Å². The lowest BCUT2D eigenvalue weighted by Gasteiger charge is -2.14. The van der Waals surface area contributed by atoms with Crippen molar-refractivity contribution in [3.05, 3.63) is 212 Å². The van der Waals surface area contributed by atoms with Gasteiger partial charge in [0, 0.05) is 42.4 Å². The van der Waals surface area contributed by atoms with Crippen LogP contribution in [0.4, 0.5) is 0 Å². The number of aromatic nitrogens is 3. The minimum Gasteiger partial charge on any atom is -0.208 e. The van der Waals surface area contributed by atoms with E-state index in [9.17, 15) is 0 Å². The minimum atomic E-state index is 0.625. The molecule has 0 bridgehead atoms. The molecule has 4 heteroatoms. The fourth-order valence-corrected chi connectivity index (χ4v) is 9.47. The van der Waals surface area contributed by atoms with E-state index in [-0.39, 0.29) is 0 Å². The summed E-state index contributed by atoms with van der Waals surface area (Å²) < 4.78 is 2.62. The lowest BCUT2D eigenvalue weighted by molar-refractivity contribution is 1.07. The van der Waals surface area contributed by atoms with E-state index in [2.05, 4.69) is 200 Å². The van der Waals surface area contributed by atoms with Gasteiger partial charge in [-0.3, -0.25) is 0 Å². The van der Waals surface area contributed by atoms with Gasteiger partial charge in [0.05, 0.1) is 0 Å². The van der Waals surface area contributed by atoms with Crippen molar-refractivity contribution in [1.29, 1.82) is 0 Å². The average molecular weight is 770 g/mol. The first-order valence-electron chi connectivity index (χ1n) is 19.8. The summed E-state index contributed by atoms with van der Waals surface area (Å²) in [5, 5.41) is 5.07. The van der Waals surface area contributed by atoms with E-state index in [4.69, 9.17) is 15.0 Å². The molecule has 59 heavy (non-hydrogen) atoms. The van der Waals surface area contributed by atoms with Gasteiger partial charge in [-0.2, -0.15) is 0 Å². The Labute approximate surface area is 346 Å². The van der Waals surface area contributed by atoms with Gasteiger partial charge in [-0.05, 0) is 74.0 Å². The first-order valence-corrected chi connectivity index (χ1v) is 20.7. The van der Waals surface area contributed by atoms with Gasteiger partial charge in [-0.1, -0.05) is 188 Å². The molecule has 0 saturated heterocycles. The fraction of sp³-hybridized carbons (Fsp3) is 0. The zero-order valence-corrected chi connectivity index (χ0v) is 32.8. The Hall–Kier alpha value is -7.53. The zero-order valence-electron chi connectivity index (χ0n) is 32.0. The Morgan fingerprint density at radius 1 is 0.271 bits per heavy atom. The Bertz CT molecular complexity index is 3320. The topological polar surface area (TPSA) is 38.7 Å². The number of hydrogen-bond acceptors (Lipinski definition) is 4. The smallest absolute Gasteiger partial charge is 0.164 e. The van der Waals surface area contributed by atoms with E-state index in [1.54, 1.807) is 0 Å². The highest BCUT2D eigenvalue weighted by atomic mass is 32.1. The predicted octanol–water partition coefficient (Wildman–Crippen LogP) is 15.1. The van der Waals surface area contributed by atoms with E-state index >= 15 is 0 Å². The second kappa shape index (κ2) is 14.8. The van der Waals surface area contributed by atoms with Gasteiger partial charge in [0.25, 0.3) is 0 Å². The highest BCUT2D eigenvalue weighted by Gasteiger charge is 2.18. The normalized spacial score (nSPS) is 11.4. The van der Waals surface area contributed by atoms with Gasteiger partial charge < -0.3 is 0 Å². The van der Waals surface area contributed by atoms with Crippen LogP contribution in [0.2, 0.25) is 0 Å². The van der Waals surface area contributed by atoms with Crippen LogP contribution in [0.25, 0.3) is 110 Å². The lowest BCUT2D eigenvalue weighted by Crippen LogP contribution is -2.01. The number of fused-ring (bicyclic) bond motifs is 4. The molecule has 0 aliphatic rings. The van der Waals surface area contributed by atoms with Crippen molar-refractivity contribution in [2.75, 3.05) is 0 Å². The number of hydrogen-bond donors (Lipinski definition) is 0. The molecular formula is C55H35N3S. The van der Waals surface area contributed by atoms with Gasteiger partial charge in [-0.15, -0.1) is 11.3 Å². The molecule has 2 aromatic heterocycles. The summed E-state index contributed by atoms with van der Waals surface area (Å²) in [7, 11) is 0. The van der Waals surface area contributed by atoms with Crippen molar-refractivity contribution in [3.8, 4) is 78.7 Å². The third kappa shape index (κ3) is 6.46. The van der Waals surface area contributed by atoms with Crippen molar-refractivity contribution >= 4 is 42.3 Å². The zero-order chi connectivity index (χ0) is 39.1. The predicted molar refractivity (Wildman–Crippen MR) is 248 cm³/mol. The summed E-state index contributed by atoms with van der Waals surface area (Å²) in [5.41, 5.74) is 12.0. The Balaban J connectivity index is 1.04. The van der Waals surface area contributed by atoms with E-state index < -0.39 is 0 Å². The van der Waals surface area contributed by atoms with Crippen LogP contribution in [0.15, 0.2) is 212 Å². The highest BCUT2D eigenvalue weighted by molar-refractivity contribution is 7.26. The van der Waals surface area contributed by atoms with Gasteiger partial charge >= 0.3 is 0 Å². The highest BCUT2D eigenvalue weighted by Crippen LogP contribution is 2.43. The van der Waals surface area contributed by atoms with Crippen LogP contribution in [0.1, 0.15) is 0 Å². The molecule has 0 fully saturated rings. The molecule has 276 valence electrons. The van der Waals surface area contributed by atoms with Gasteiger partial charge in [0.1, 0.15) is 0 Å². The summed E-state index contributed by atoms with van der Waals surface area (Å²) in [6.07, 6.45) is 0. The molecule has 0 unspecified atom stereocenters. The summed E-state index contributed by atoms with van der Waals surface area (Å²) in [4.78, 5) is 15.5. The molecule has 3 nitrogen and oxygen atoms in total. The third-order valence-corrected chi connectivity index (χ3v) is 12.4. The molecule has 0 spiro atoms. The SMILES string of the molecule is c1ccc(-c2cccc(-c3nc(-c4ccc(-c5cc(-c6cccc7c6sc6ccccc67)c6ccccc6c5)cc4)nc(-c4ccccc4-c4ccccc4)n3)c2)cc1. The number of nitrogens with zero attached hydrogens (tertiary/aromatic N) is 3. The van der Waals surface area contributed by atoms with Crippen molar-refractivity contribution in [1.82, 2.24) is 15.0 Å². The largest absolute Gasteiger partial charge is 0.208 e. The quantitative estimate of drug-likeness (QED) is 0.162.